The molecule has 0 aromatic rings. The van der Waals surface area contributed by atoms with Crippen LogP contribution in [0.25, 0.3) is 0 Å². The summed E-state index contributed by atoms with van der Waals surface area (Å²) in [5.41, 5.74) is -2.13. The number of fused-ring (bicyclic) bond motifs is 1. The summed E-state index contributed by atoms with van der Waals surface area (Å²) in [6.45, 7) is 5.39. The summed E-state index contributed by atoms with van der Waals surface area (Å²) < 4.78 is 23.8. The van der Waals surface area contributed by atoms with E-state index < -0.39 is 29.4 Å². The van der Waals surface area contributed by atoms with Gasteiger partial charge in [-0.25, -0.2) is 14.0 Å². The van der Waals surface area contributed by atoms with Crippen LogP contribution in [0.4, 0.5) is 9.18 Å². The summed E-state index contributed by atoms with van der Waals surface area (Å²) in [5, 5.41) is 0. The van der Waals surface area contributed by atoms with Crippen LogP contribution in [-0.4, -0.2) is 47.9 Å². The third kappa shape index (κ3) is 1.66. The van der Waals surface area contributed by atoms with E-state index in [4.69, 9.17) is 4.74 Å². The maximum Gasteiger partial charge on any atom is 0.411 e. The van der Waals surface area contributed by atoms with Crippen molar-refractivity contribution in [1.82, 2.24) is 4.90 Å². The number of carbonyl (C=O) groups is 2. The number of nitrogens with zero attached hydrogens (tertiary/aromatic N) is 1. The summed E-state index contributed by atoms with van der Waals surface area (Å²) in [6, 6.07) is 0. The molecule has 1 saturated carbocycles. The second-order valence-electron chi connectivity index (χ2n) is 5.87. The van der Waals surface area contributed by atoms with E-state index in [1.54, 1.807) is 20.8 Å². The number of carbonyl (C=O) groups excluding carboxylic acids is 2. The highest BCUT2D eigenvalue weighted by molar-refractivity contribution is 5.89. The number of halogens is 1. The largest absolute Gasteiger partial charge is 0.467 e. The van der Waals surface area contributed by atoms with Gasteiger partial charge in [0.25, 0.3) is 0 Å². The van der Waals surface area contributed by atoms with Crippen molar-refractivity contribution in [1.29, 1.82) is 0 Å². The van der Waals surface area contributed by atoms with E-state index >= 15 is 0 Å². The van der Waals surface area contributed by atoms with Gasteiger partial charge in [-0.2, -0.15) is 0 Å². The third-order valence-electron chi connectivity index (χ3n) is 3.49. The molecule has 6 heteroatoms. The van der Waals surface area contributed by atoms with Crippen molar-refractivity contribution in [2.75, 3.05) is 13.7 Å². The molecule has 2 bridgehead atoms. The zero-order chi connectivity index (χ0) is 13.7. The average molecular weight is 259 g/mol. The van der Waals surface area contributed by atoms with Gasteiger partial charge in [0.05, 0.1) is 7.11 Å². The number of alkyl halides is 1. The number of methoxy groups -OCH3 is 1. The van der Waals surface area contributed by atoms with Gasteiger partial charge < -0.3 is 9.47 Å². The second kappa shape index (κ2) is 3.83. The van der Waals surface area contributed by atoms with Gasteiger partial charge in [-0.05, 0) is 27.2 Å². The average Bonchev–Trinajstić information content (AvgIpc) is 2.78. The van der Waals surface area contributed by atoms with Crippen LogP contribution < -0.4 is 0 Å². The third-order valence-corrected chi connectivity index (χ3v) is 3.49. The Labute approximate surface area is 105 Å². The molecule has 0 unspecified atom stereocenters. The quantitative estimate of drug-likeness (QED) is 0.670. The van der Waals surface area contributed by atoms with E-state index in [9.17, 15) is 14.0 Å². The zero-order valence-electron chi connectivity index (χ0n) is 11.0. The highest BCUT2D eigenvalue weighted by Crippen LogP contribution is 2.53. The van der Waals surface area contributed by atoms with Gasteiger partial charge in [0.1, 0.15) is 11.8 Å². The Bertz CT molecular complexity index is 392. The molecule has 3 aliphatic rings. The maximum atomic E-state index is 14.0. The summed E-state index contributed by atoms with van der Waals surface area (Å²) in [5.74, 6) is -0.980. The Kier molecular flexibility index (Phi) is 2.79. The minimum atomic E-state index is -1.46. The van der Waals surface area contributed by atoms with Crippen LogP contribution in [0, 0.1) is 5.92 Å². The number of hydrogen-bond donors (Lipinski definition) is 0. The van der Waals surface area contributed by atoms with Crippen molar-refractivity contribution in [2.45, 2.75) is 44.5 Å². The fraction of sp³-hybridized carbons (Fsp3) is 0.833. The van der Waals surface area contributed by atoms with Crippen LogP contribution >= 0.6 is 0 Å². The van der Waals surface area contributed by atoms with Crippen molar-refractivity contribution in [3.8, 4) is 0 Å². The zero-order valence-corrected chi connectivity index (χ0v) is 11.0. The van der Waals surface area contributed by atoms with Crippen LogP contribution in [0.5, 0.6) is 0 Å². The SMILES string of the molecule is COC(=O)[C@@]12C[C@@H](CN1C(=O)OC(C)(C)C)[C@H]2F. The molecule has 2 aliphatic heterocycles. The molecular weight excluding hydrogens is 241 g/mol. The standard InChI is InChI=1S/C12H18FNO4/c1-11(2,3)18-10(16)14-6-7-5-12(14,8(7)13)9(15)17-4/h7-8H,5-6H2,1-4H3/t7-,8+,12-/m0/s1. The molecule has 18 heavy (non-hydrogen) atoms. The first kappa shape index (κ1) is 13.1. The number of hydrogen-bond acceptors (Lipinski definition) is 4. The van der Waals surface area contributed by atoms with E-state index in [2.05, 4.69) is 4.74 Å². The number of rotatable bonds is 1. The number of ether oxygens (including phenoxy) is 2. The van der Waals surface area contributed by atoms with E-state index in [-0.39, 0.29) is 12.5 Å². The minimum Gasteiger partial charge on any atom is -0.467 e. The van der Waals surface area contributed by atoms with E-state index in [0.717, 1.165) is 0 Å². The Morgan fingerprint density at radius 2 is 2.00 bits per heavy atom. The van der Waals surface area contributed by atoms with Gasteiger partial charge in [-0.3, -0.25) is 4.90 Å². The monoisotopic (exact) mass is 259 g/mol. The lowest BCUT2D eigenvalue weighted by Crippen LogP contribution is -2.63. The fourth-order valence-electron chi connectivity index (χ4n) is 2.70. The molecule has 2 heterocycles. The molecule has 3 rings (SSSR count). The lowest BCUT2D eigenvalue weighted by molar-refractivity contribution is -0.162. The molecule has 0 aromatic heterocycles. The summed E-state index contributed by atoms with van der Waals surface area (Å²) >= 11 is 0. The normalized spacial score (nSPS) is 33.9. The van der Waals surface area contributed by atoms with Crippen LogP contribution in [0.2, 0.25) is 0 Å². The molecule has 0 aromatic carbocycles. The van der Waals surface area contributed by atoms with Gasteiger partial charge in [0.2, 0.25) is 0 Å². The fourth-order valence-corrected chi connectivity index (χ4v) is 2.70. The van der Waals surface area contributed by atoms with E-state index in [0.29, 0.717) is 6.42 Å². The maximum absolute atomic E-state index is 14.0. The van der Waals surface area contributed by atoms with Crippen molar-refractivity contribution in [3.05, 3.63) is 0 Å². The van der Waals surface area contributed by atoms with Gasteiger partial charge in [-0.1, -0.05) is 0 Å². The Balaban J connectivity index is 2.19. The first-order valence-electron chi connectivity index (χ1n) is 5.95. The van der Waals surface area contributed by atoms with Gasteiger partial charge in [0.15, 0.2) is 5.54 Å². The molecule has 0 spiro atoms. The summed E-state index contributed by atoms with van der Waals surface area (Å²) in [7, 11) is 1.20. The first-order chi connectivity index (χ1) is 8.22. The molecule has 3 atom stereocenters. The topological polar surface area (TPSA) is 55.8 Å². The van der Waals surface area contributed by atoms with E-state index in [1.807, 2.05) is 0 Å². The van der Waals surface area contributed by atoms with Crippen molar-refractivity contribution in [2.24, 2.45) is 5.92 Å². The highest BCUT2D eigenvalue weighted by atomic mass is 19.1. The molecule has 5 nitrogen and oxygen atoms in total. The Morgan fingerprint density at radius 3 is 2.44 bits per heavy atom. The van der Waals surface area contributed by atoms with E-state index in [1.165, 1.54) is 12.0 Å². The van der Waals surface area contributed by atoms with Crippen LogP contribution in [-0.2, 0) is 14.3 Å². The van der Waals surface area contributed by atoms with Crippen LogP contribution in [0.3, 0.4) is 0 Å². The van der Waals surface area contributed by atoms with Crippen LogP contribution in [0.1, 0.15) is 27.2 Å². The summed E-state index contributed by atoms with van der Waals surface area (Å²) in [4.78, 5) is 24.9. The lowest BCUT2D eigenvalue weighted by Gasteiger charge is -2.41. The van der Waals surface area contributed by atoms with Gasteiger partial charge in [-0.15, -0.1) is 0 Å². The predicted octanol–water partition coefficient (Wildman–Crippen LogP) is 1.51. The summed E-state index contributed by atoms with van der Waals surface area (Å²) in [6.07, 6.45) is -1.69. The Morgan fingerprint density at radius 1 is 1.39 bits per heavy atom. The van der Waals surface area contributed by atoms with Gasteiger partial charge >= 0.3 is 12.1 Å². The molecule has 3 fully saturated rings. The lowest BCUT2D eigenvalue weighted by atomic mass is 9.71. The molecule has 1 aliphatic carbocycles. The van der Waals surface area contributed by atoms with Crippen molar-refractivity contribution >= 4 is 12.1 Å². The first-order valence-corrected chi connectivity index (χ1v) is 5.95. The van der Waals surface area contributed by atoms with Crippen molar-refractivity contribution in [3.63, 3.8) is 0 Å². The second-order valence-corrected chi connectivity index (χ2v) is 5.87. The predicted molar refractivity (Wildman–Crippen MR) is 60.7 cm³/mol. The molecule has 0 N–H and O–H groups in total. The minimum absolute atomic E-state index is 0.213. The number of amides is 1. The molecule has 1 amide bonds. The highest BCUT2D eigenvalue weighted by Gasteiger charge is 2.72. The Hall–Kier alpha value is -1.33. The van der Waals surface area contributed by atoms with Crippen molar-refractivity contribution < 1.29 is 23.5 Å². The van der Waals surface area contributed by atoms with Crippen LogP contribution in [0.15, 0.2) is 0 Å². The molecule has 0 radical (unpaired) electrons. The van der Waals surface area contributed by atoms with Gasteiger partial charge in [0, 0.05) is 12.5 Å². The number of esters is 1. The molecule has 102 valence electrons. The molecule has 2 saturated heterocycles. The molecular formula is C12H18FNO4. The smallest absolute Gasteiger partial charge is 0.411 e.